The smallest absolute Gasteiger partial charge is 0.294 e. The summed E-state index contributed by atoms with van der Waals surface area (Å²) in [6, 6.07) is 0. The summed E-state index contributed by atoms with van der Waals surface area (Å²) in [6.07, 6.45) is 1.06. The Morgan fingerprint density at radius 1 is 1.78 bits per heavy atom. The molecule has 0 aromatic heterocycles. The normalized spacial score (nSPS) is 34.3. The van der Waals surface area contributed by atoms with E-state index in [1.54, 1.807) is 0 Å². The summed E-state index contributed by atoms with van der Waals surface area (Å²) in [5, 5.41) is 3.05. The Morgan fingerprint density at radius 2 is 2.56 bits per heavy atom. The number of carbonyl (C=O) groups is 1. The van der Waals surface area contributed by atoms with Gasteiger partial charge in [0, 0.05) is 5.92 Å². The van der Waals surface area contributed by atoms with Crippen molar-refractivity contribution in [3.8, 4) is 0 Å². The maximum atomic E-state index is 9.84. The summed E-state index contributed by atoms with van der Waals surface area (Å²) < 4.78 is 4.72. The van der Waals surface area contributed by atoms with Crippen molar-refractivity contribution in [1.29, 1.82) is 0 Å². The quantitative estimate of drug-likeness (QED) is 0.538. The zero-order chi connectivity index (χ0) is 6.69. The Hall–Kier alpha value is -0.570. The molecule has 1 fully saturated rings. The van der Waals surface area contributed by atoms with Gasteiger partial charge in [-0.05, 0) is 13.0 Å². The molecule has 1 saturated heterocycles. The molecule has 0 radical (unpaired) electrons. The van der Waals surface area contributed by atoms with Gasteiger partial charge in [0.2, 0.25) is 0 Å². The zero-order valence-corrected chi connectivity index (χ0v) is 5.46. The molecular formula is C6H11NO2. The number of ether oxygens (including phenoxy) is 1. The Labute approximate surface area is 54.4 Å². The Bertz CT molecular complexity index is 105. The first-order chi connectivity index (χ1) is 4.34. The number of nitrogens with one attached hydrogen (secondary N) is 1. The van der Waals surface area contributed by atoms with Crippen LogP contribution in [-0.2, 0) is 9.53 Å². The van der Waals surface area contributed by atoms with E-state index in [1.807, 2.05) is 0 Å². The molecule has 3 heteroatoms. The second-order valence-corrected chi connectivity index (χ2v) is 2.37. The van der Waals surface area contributed by atoms with Crippen LogP contribution in [-0.4, -0.2) is 19.2 Å². The van der Waals surface area contributed by atoms with Crippen LogP contribution < -0.4 is 5.32 Å². The van der Waals surface area contributed by atoms with Crippen LogP contribution in [0, 0.1) is 5.92 Å². The molecule has 1 aliphatic heterocycles. The summed E-state index contributed by atoms with van der Waals surface area (Å²) in [5.74, 6) is 0.468. The molecule has 0 saturated carbocycles. The monoisotopic (exact) mass is 129 g/mol. The molecule has 1 heterocycles. The van der Waals surface area contributed by atoms with Crippen LogP contribution >= 0.6 is 0 Å². The van der Waals surface area contributed by atoms with Crippen molar-refractivity contribution in [2.45, 2.75) is 19.6 Å². The van der Waals surface area contributed by atoms with Gasteiger partial charge in [-0.2, -0.15) is 0 Å². The molecular weight excluding hydrogens is 118 g/mol. The summed E-state index contributed by atoms with van der Waals surface area (Å²) >= 11 is 0. The van der Waals surface area contributed by atoms with Gasteiger partial charge in [-0.15, -0.1) is 0 Å². The van der Waals surface area contributed by atoms with E-state index in [0.717, 1.165) is 13.0 Å². The number of rotatable bonds is 2. The first-order valence-electron chi connectivity index (χ1n) is 3.17. The van der Waals surface area contributed by atoms with Crippen LogP contribution in [0.1, 0.15) is 13.3 Å². The van der Waals surface area contributed by atoms with E-state index in [-0.39, 0.29) is 6.23 Å². The molecule has 0 spiro atoms. The van der Waals surface area contributed by atoms with E-state index >= 15 is 0 Å². The topological polar surface area (TPSA) is 38.3 Å². The van der Waals surface area contributed by atoms with Crippen molar-refractivity contribution in [1.82, 2.24) is 5.32 Å². The fraction of sp³-hybridized carbons (Fsp3) is 0.833. The lowest BCUT2D eigenvalue weighted by molar-refractivity contribution is -0.136. The molecule has 0 aliphatic carbocycles. The minimum Gasteiger partial charge on any atom is -0.448 e. The third-order valence-electron chi connectivity index (χ3n) is 1.66. The highest BCUT2D eigenvalue weighted by Crippen LogP contribution is 2.13. The Kier molecular flexibility index (Phi) is 2.05. The zero-order valence-electron chi connectivity index (χ0n) is 5.46. The van der Waals surface area contributed by atoms with Crippen LogP contribution in [0.15, 0.2) is 0 Å². The third-order valence-corrected chi connectivity index (χ3v) is 1.66. The summed E-state index contributed by atoms with van der Waals surface area (Å²) in [7, 11) is 0. The van der Waals surface area contributed by atoms with Crippen LogP contribution in [0.3, 0.4) is 0 Å². The largest absolute Gasteiger partial charge is 0.448 e. The molecule has 9 heavy (non-hydrogen) atoms. The van der Waals surface area contributed by atoms with E-state index in [4.69, 9.17) is 4.74 Å². The second kappa shape index (κ2) is 2.82. The molecule has 1 N–H and O–H groups in total. The lowest BCUT2D eigenvalue weighted by Gasteiger charge is -2.11. The lowest BCUT2D eigenvalue weighted by atomic mass is 10.1. The number of carbonyl (C=O) groups excluding carboxylic acids is 1. The molecule has 1 rings (SSSR count). The van der Waals surface area contributed by atoms with Crippen molar-refractivity contribution in [3.05, 3.63) is 0 Å². The van der Waals surface area contributed by atoms with Gasteiger partial charge in [0.1, 0.15) is 0 Å². The van der Waals surface area contributed by atoms with Gasteiger partial charge in [-0.3, -0.25) is 10.1 Å². The predicted molar refractivity (Wildman–Crippen MR) is 32.7 cm³/mol. The highest BCUT2D eigenvalue weighted by atomic mass is 16.5. The molecule has 0 aromatic carbocycles. The standard InChI is InChI=1S/C6H11NO2/c1-5-2-3-7-6(5)9-4-8/h4-7H,2-3H2,1H3. The van der Waals surface area contributed by atoms with Crippen molar-refractivity contribution >= 4 is 6.47 Å². The molecule has 0 bridgehead atoms. The van der Waals surface area contributed by atoms with Crippen molar-refractivity contribution in [2.75, 3.05) is 6.54 Å². The van der Waals surface area contributed by atoms with Crippen molar-refractivity contribution < 1.29 is 9.53 Å². The maximum absolute atomic E-state index is 9.84. The number of hydrogen-bond acceptors (Lipinski definition) is 3. The molecule has 1 aliphatic rings. The van der Waals surface area contributed by atoms with E-state index in [2.05, 4.69) is 12.2 Å². The van der Waals surface area contributed by atoms with Gasteiger partial charge in [0.15, 0.2) is 6.23 Å². The molecule has 2 unspecified atom stereocenters. The summed E-state index contributed by atoms with van der Waals surface area (Å²) in [6.45, 7) is 3.52. The first-order valence-corrected chi connectivity index (χ1v) is 3.17. The van der Waals surface area contributed by atoms with Crippen LogP contribution in [0.5, 0.6) is 0 Å². The molecule has 3 nitrogen and oxygen atoms in total. The minimum absolute atomic E-state index is 0.0394. The van der Waals surface area contributed by atoms with E-state index in [9.17, 15) is 4.79 Å². The fourth-order valence-electron chi connectivity index (χ4n) is 1.05. The molecule has 0 amide bonds. The van der Waals surface area contributed by atoms with Crippen LogP contribution in [0.25, 0.3) is 0 Å². The van der Waals surface area contributed by atoms with E-state index < -0.39 is 0 Å². The number of hydrogen-bond donors (Lipinski definition) is 1. The first kappa shape index (κ1) is 6.55. The summed E-state index contributed by atoms with van der Waals surface area (Å²) in [5.41, 5.74) is 0. The van der Waals surface area contributed by atoms with Gasteiger partial charge in [0.25, 0.3) is 6.47 Å². The van der Waals surface area contributed by atoms with Gasteiger partial charge >= 0.3 is 0 Å². The average molecular weight is 129 g/mol. The van der Waals surface area contributed by atoms with Gasteiger partial charge in [-0.1, -0.05) is 6.92 Å². The highest BCUT2D eigenvalue weighted by molar-refractivity contribution is 5.37. The van der Waals surface area contributed by atoms with E-state index in [1.165, 1.54) is 0 Å². The maximum Gasteiger partial charge on any atom is 0.294 e. The Balaban J connectivity index is 2.30. The lowest BCUT2D eigenvalue weighted by Crippen LogP contribution is -2.28. The molecule has 0 aromatic rings. The average Bonchev–Trinajstić information content (AvgIpc) is 2.18. The van der Waals surface area contributed by atoms with Crippen molar-refractivity contribution in [2.24, 2.45) is 5.92 Å². The highest BCUT2D eigenvalue weighted by Gasteiger charge is 2.23. The predicted octanol–water partition coefficient (Wildman–Crippen LogP) is 0.115. The molecule has 2 atom stereocenters. The van der Waals surface area contributed by atoms with Gasteiger partial charge < -0.3 is 4.74 Å². The third kappa shape index (κ3) is 1.42. The van der Waals surface area contributed by atoms with Gasteiger partial charge in [-0.25, -0.2) is 0 Å². The van der Waals surface area contributed by atoms with Crippen LogP contribution in [0.2, 0.25) is 0 Å². The fourth-order valence-corrected chi connectivity index (χ4v) is 1.05. The molecule has 52 valence electrons. The van der Waals surface area contributed by atoms with Crippen molar-refractivity contribution in [3.63, 3.8) is 0 Å². The Morgan fingerprint density at radius 3 is 3.00 bits per heavy atom. The van der Waals surface area contributed by atoms with Crippen LogP contribution in [0.4, 0.5) is 0 Å². The minimum atomic E-state index is -0.0394. The SMILES string of the molecule is CC1CCNC1OC=O. The van der Waals surface area contributed by atoms with Gasteiger partial charge in [0.05, 0.1) is 0 Å². The summed E-state index contributed by atoms with van der Waals surface area (Å²) in [4.78, 5) is 9.84. The second-order valence-electron chi connectivity index (χ2n) is 2.37. The van der Waals surface area contributed by atoms with E-state index in [0.29, 0.717) is 12.4 Å².